The maximum atomic E-state index is 12.2. The Morgan fingerprint density at radius 1 is 1.11 bits per heavy atom. The van der Waals surface area contributed by atoms with Gasteiger partial charge in [-0.05, 0) is 28.9 Å². The highest BCUT2D eigenvalue weighted by Gasteiger charge is 2.30. The summed E-state index contributed by atoms with van der Waals surface area (Å²) in [6, 6.07) is 7.71. The molecule has 0 heterocycles. The second-order valence-electron chi connectivity index (χ2n) is 4.22. The first kappa shape index (κ1) is 10.9. The largest absolute Gasteiger partial charge is 0.388 e. The molecule has 1 N–H and O–H groups in total. The van der Waals surface area contributed by atoms with E-state index in [1.165, 1.54) is 6.08 Å². The lowest BCUT2D eigenvalue weighted by Crippen LogP contribution is -2.19. The van der Waals surface area contributed by atoms with Gasteiger partial charge in [0.2, 0.25) is 0 Å². The third-order valence-corrected chi connectivity index (χ3v) is 3.19. The monoisotopic (exact) mass is 238 g/mol. The molecule has 3 rings (SSSR count). The van der Waals surface area contributed by atoms with Gasteiger partial charge in [0.25, 0.3) is 0 Å². The average molecular weight is 238 g/mol. The molecule has 1 aromatic carbocycles. The van der Waals surface area contributed by atoms with Crippen LogP contribution in [0.1, 0.15) is 11.1 Å². The van der Waals surface area contributed by atoms with Crippen molar-refractivity contribution in [1.29, 1.82) is 0 Å². The van der Waals surface area contributed by atoms with Crippen molar-refractivity contribution in [3.8, 4) is 0 Å². The van der Waals surface area contributed by atoms with Gasteiger partial charge in [-0.1, -0.05) is 30.3 Å². The van der Waals surface area contributed by atoms with E-state index in [2.05, 4.69) is 0 Å². The molecule has 0 saturated carbocycles. The zero-order chi connectivity index (χ0) is 12.7. The zero-order valence-electron chi connectivity index (χ0n) is 9.51. The number of fused-ring (bicyclic) bond motifs is 3. The van der Waals surface area contributed by atoms with Crippen molar-refractivity contribution in [2.24, 2.45) is 0 Å². The second kappa shape index (κ2) is 3.89. The van der Waals surface area contributed by atoms with Crippen LogP contribution >= 0.6 is 0 Å². The highest BCUT2D eigenvalue weighted by molar-refractivity contribution is 6.35. The van der Waals surface area contributed by atoms with Gasteiger partial charge in [-0.2, -0.15) is 0 Å². The lowest BCUT2D eigenvalue weighted by Gasteiger charge is -2.12. The van der Waals surface area contributed by atoms with E-state index in [4.69, 9.17) is 5.11 Å². The van der Waals surface area contributed by atoms with Crippen LogP contribution in [0.5, 0.6) is 0 Å². The maximum Gasteiger partial charge on any atom is 0.197 e. The first-order valence-corrected chi connectivity index (χ1v) is 5.64. The number of hydrogen-bond acceptors (Lipinski definition) is 3. The van der Waals surface area contributed by atoms with Crippen LogP contribution in [-0.4, -0.2) is 23.3 Å². The summed E-state index contributed by atoms with van der Waals surface area (Å²) in [4.78, 5) is 23.6. The van der Waals surface area contributed by atoms with Crippen LogP contribution in [0.25, 0.3) is 11.6 Å². The first-order valence-electron chi connectivity index (χ1n) is 5.64. The van der Waals surface area contributed by atoms with Gasteiger partial charge in [-0.25, -0.2) is 0 Å². The minimum atomic E-state index is -0.638. The number of hydrogen-bond donors (Lipinski definition) is 1. The van der Waals surface area contributed by atoms with E-state index in [1.807, 2.05) is 24.3 Å². The number of rotatable bonds is 2. The molecule has 0 aliphatic heterocycles. The molecule has 3 heteroatoms. The third kappa shape index (κ3) is 1.41. The number of allylic oxidation sites excluding steroid dienone is 4. The summed E-state index contributed by atoms with van der Waals surface area (Å²) in [5.41, 5.74) is 3.44. The van der Waals surface area contributed by atoms with Crippen molar-refractivity contribution >= 4 is 23.2 Å². The van der Waals surface area contributed by atoms with Crippen molar-refractivity contribution in [2.45, 2.75) is 0 Å². The number of Topliss-reactive ketones (excluding diaryl/α,β-unsaturated/α-hetero) is 2. The van der Waals surface area contributed by atoms with Crippen molar-refractivity contribution < 1.29 is 14.7 Å². The van der Waals surface area contributed by atoms with Gasteiger partial charge < -0.3 is 5.11 Å². The van der Waals surface area contributed by atoms with Gasteiger partial charge in [0.1, 0.15) is 6.61 Å². The summed E-state index contributed by atoms with van der Waals surface area (Å²) in [5, 5.41) is 8.84. The Labute approximate surface area is 104 Å². The third-order valence-electron chi connectivity index (χ3n) is 3.19. The Morgan fingerprint density at radius 2 is 1.89 bits per heavy atom. The van der Waals surface area contributed by atoms with Crippen LogP contribution in [0.3, 0.4) is 0 Å². The standard InChI is InChI=1S/C15H10O3/c16-8-14(17)12-6-5-11-10-4-2-1-3-9(10)7-13(11)15(12)18/h1-7,16H,8H2. The number of carbonyl (C=O) groups excluding carboxylic acids is 2. The van der Waals surface area contributed by atoms with Gasteiger partial charge in [-0.15, -0.1) is 0 Å². The Hall–Kier alpha value is -2.26. The molecule has 0 fully saturated rings. The Morgan fingerprint density at radius 3 is 2.67 bits per heavy atom. The molecule has 0 radical (unpaired) electrons. The van der Waals surface area contributed by atoms with E-state index >= 15 is 0 Å². The minimum Gasteiger partial charge on any atom is -0.388 e. The zero-order valence-corrected chi connectivity index (χ0v) is 9.51. The number of ketones is 2. The van der Waals surface area contributed by atoms with Gasteiger partial charge in [-0.3, -0.25) is 9.59 Å². The topological polar surface area (TPSA) is 54.4 Å². The smallest absolute Gasteiger partial charge is 0.197 e. The average Bonchev–Trinajstić information content (AvgIpc) is 2.78. The van der Waals surface area contributed by atoms with E-state index in [0.29, 0.717) is 5.57 Å². The SMILES string of the molecule is O=C(CO)C1=CC=C2C(=Cc3ccccc32)C1=O. The second-order valence-corrected chi connectivity index (χ2v) is 4.22. The van der Waals surface area contributed by atoms with E-state index in [-0.39, 0.29) is 11.4 Å². The molecule has 2 aliphatic rings. The number of aliphatic hydroxyl groups is 1. The predicted molar refractivity (Wildman–Crippen MR) is 67.6 cm³/mol. The van der Waals surface area contributed by atoms with Gasteiger partial charge in [0, 0.05) is 5.57 Å². The van der Waals surface area contributed by atoms with Crippen molar-refractivity contribution in [3.63, 3.8) is 0 Å². The van der Waals surface area contributed by atoms with E-state index in [0.717, 1.165) is 16.7 Å². The molecule has 3 nitrogen and oxygen atoms in total. The number of benzene rings is 1. The highest BCUT2D eigenvalue weighted by atomic mass is 16.3. The molecule has 0 bridgehead atoms. The van der Waals surface area contributed by atoms with Crippen LogP contribution in [0, 0.1) is 0 Å². The van der Waals surface area contributed by atoms with Crippen LogP contribution < -0.4 is 0 Å². The van der Waals surface area contributed by atoms with E-state index in [1.54, 1.807) is 12.2 Å². The molecule has 0 aromatic heterocycles. The Balaban J connectivity index is 2.12. The fraction of sp³-hybridized carbons (Fsp3) is 0.0667. The van der Waals surface area contributed by atoms with Crippen LogP contribution in [-0.2, 0) is 9.59 Å². The summed E-state index contributed by atoms with van der Waals surface area (Å²) in [5.74, 6) is -0.838. The summed E-state index contributed by atoms with van der Waals surface area (Å²) < 4.78 is 0. The molecule has 0 saturated heterocycles. The lowest BCUT2D eigenvalue weighted by atomic mass is 9.89. The molecule has 0 unspecified atom stereocenters. The first-order chi connectivity index (χ1) is 8.72. The Bertz CT molecular complexity index is 660. The normalized spacial score (nSPS) is 16.5. The highest BCUT2D eigenvalue weighted by Crippen LogP contribution is 2.39. The fourth-order valence-electron chi connectivity index (χ4n) is 2.31. The lowest BCUT2D eigenvalue weighted by molar-refractivity contribution is -0.121. The summed E-state index contributed by atoms with van der Waals surface area (Å²) in [6.07, 6.45) is 5.05. The summed E-state index contributed by atoms with van der Waals surface area (Å²) in [7, 11) is 0. The molecule has 18 heavy (non-hydrogen) atoms. The fourth-order valence-corrected chi connectivity index (χ4v) is 2.31. The van der Waals surface area contributed by atoms with Crippen molar-refractivity contribution in [3.05, 3.63) is 58.7 Å². The van der Waals surface area contributed by atoms with Crippen molar-refractivity contribution in [1.82, 2.24) is 0 Å². The minimum absolute atomic E-state index is 0.0558. The molecule has 2 aliphatic carbocycles. The molecular formula is C15H10O3. The number of carbonyl (C=O) groups is 2. The van der Waals surface area contributed by atoms with Crippen LogP contribution in [0.4, 0.5) is 0 Å². The number of aliphatic hydroxyl groups excluding tert-OH is 1. The Kier molecular flexibility index (Phi) is 2.35. The summed E-state index contributed by atoms with van der Waals surface area (Å²) in [6.45, 7) is -0.638. The van der Waals surface area contributed by atoms with Gasteiger partial charge >= 0.3 is 0 Å². The van der Waals surface area contributed by atoms with E-state index < -0.39 is 12.4 Å². The molecule has 88 valence electrons. The molecule has 0 spiro atoms. The predicted octanol–water partition coefficient (Wildman–Crippen LogP) is 1.54. The van der Waals surface area contributed by atoms with Gasteiger partial charge in [0.15, 0.2) is 11.6 Å². The molecule has 0 amide bonds. The van der Waals surface area contributed by atoms with Crippen LogP contribution in [0.15, 0.2) is 47.6 Å². The van der Waals surface area contributed by atoms with E-state index in [9.17, 15) is 9.59 Å². The van der Waals surface area contributed by atoms with Gasteiger partial charge in [0.05, 0.1) is 5.57 Å². The summed E-state index contributed by atoms with van der Waals surface area (Å²) >= 11 is 0. The molecule has 0 atom stereocenters. The maximum absolute atomic E-state index is 12.2. The van der Waals surface area contributed by atoms with Crippen LogP contribution in [0.2, 0.25) is 0 Å². The quantitative estimate of drug-likeness (QED) is 0.795. The van der Waals surface area contributed by atoms with Crippen molar-refractivity contribution in [2.75, 3.05) is 6.61 Å². The molecule has 1 aromatic rings. The molecular weight excluding hydrogens is 228 g/mol.